The normalized spacial score (nSPS) is 14.2. The molecular formula is C23H28N6O2S2. The van der Waals surface area contributed by atoms with E-state index in [-0.39, 0.29) is 4.90 Å². The summed E-state index contributed by atoms with van der Waals surface area (Å²) < 4.78 is 26.8. The molecular weight excluding hydrogens is 456 g/mol. The molecule has 3 N–H and O–H groups in total. The Morgan fingerprint density at radius 2 is 1.61 bits per heavy atom. The second kappa shape index (κ2) is 10.4. The van der Waals surface area contributed by atoms with E-state index in [0.717, 1.165) is 23.7 Å². The molecule has 33 heavy (non-hydrogen) atoms. The monoisotopic (exact) mass is 484 g/mol. The number of sulfonamides is 1. The van der Waals surface area contributed by atoms with Crippen LogP contribution < -0.4 is 20.3 Å². The fourth-order valence-corrected chi connectivity index (χ4v) is 5.05. The molecule has 2 aromatic carbocycles. The fraction of sp³-hybridized carbons (Fsp3) is 0.304. The third kappa shape index (κ3) is 5.76. The van der Waals surface area contributed by atoms with Gasteiger partial charge in [0.05, 0.1) is 10.6 Å². The fourth-order valence-electron chi connectivity index (χ4n) is 3.76. The van der Waals surface area contributed by atoms with E-state index in [0.29, 0.717) is 17.3 Å². The highest BCUT2D eigenvalue weighted by molar-refractivity contribution is 7.98. The average molecular weight is 485 g/mol. The number of rotatable bonds is 8. The summed E-state index contributed by atoms with van der Waals surface area (Å²) in [7, 11) is -2.15. The second-order valence-electron chi connectivity index (χ2n) is 7.70. The summed E-state index contributed by atoms with van der Waals surface area (Å²) in [6, 6.07) is 15.1. The molecule has 0 bridgehead atoms. The molecule has 1 aliphatic heterocycles. The van der Waals surface area contributed by atoms with Crippen molar-refractivity contribution in [1.29, 1.82) is 0 Å². The maximum atomic E-state index is 12.2. The van der Waals surface area contributed by atoms with Gasteiger partial charge in [0.2, 0.25) is 10.0 Å². The van der Waals surface area contributed by atoms with E-state index < -0.39 is 10.0 Å². The van der Waals surface area contributed by atoms with Crippen LogP contribution in [0.3, 0.4) is 0 Å². The third-order valence-corrected chi connectivity index (χ3v) is 7.75. The lowest BCUT2D eigenvalue weighted by atomic mass is 10.1. The van der Waals surface area contributed by atoms with E-state index in [4.69, 9.17) is 0 Å². The Labute approximate surface area is 199 Å². The minimum Gasteiger partial charge on any atom is -0.372 e. The van der Waals surface area contributed by atoms with Crippen LogP contribution in [0.2, 0.25) is 0 Å². The van der Waals surface area contributed by atoms with Crippen molar-refractivity contribution in [2.45, 2.75) is 29.1 Å². The molecule has 0 amide bonds. The van der Waals surface area contributed by atoms with Gasteiger partial charge in [0.25, 0.3) is 0 Å². The lowest BCUT2D eigenvalue weighted by molar-refractivity contribution is 0.578. The number of piperidine rings is 1. The minimum atomic E-state index is -3.55. The highest BCUT2D eigenvalue weighted by atomic mass is 32.2. The summed E-state index contributed by atoms with van der Waals surface area (Å²) in [5, 5.41) is 6.54. The lowest BCUT2D eigenvalue weighted by Gasteiger charge is -2.28. The molecule has 0 aliphatic carbocycles. The maximum Gasteiger partial charge on any atom is 0.240 e. The predicted octanol–water partition coefficient (Wildman–Crippen LogP) is 4.58. The summed E-state index contributed by atoms with van der Waals surface area (Å²) in [6.45, 7) is 2.23. The zero-order chi connectivity index (χ0) is 23.3. The first-order chi connectivity index (χ1) is 16.0. The first kappa shape index (κ1) is 23.3. The first-order valence-electron chi connectivity index (χ1n) is 10.8. The topological polar surface area (TPSA) is 99.2 Å². The van der Waals surface area contributed by atoms with Crippen LogP contribution >= 0.6 is 11.8 Å². The molecule has 10 heteroatoms. The van der Waals surface area contributed by atoms with Crippen molar-refractivity contribution in [3.05, 3.63) is 54.9 Å². The number of aromatic nitrogens is 2. The zero-order valence-electron chi connectivity index (χ0n) is 18.7. The summed E-state index contributed by atoms with van der Waals surface area (Å²) in [5.41, 5.74) is 2.84. The molecule has 1 saturated heterocycles. The molecule has 1 aliphatic rings. The lowest BCUT2D eigenvalue weighted by Crippen LogP contribution is -2.29. The molecule has 0 saturated carbocycles. The summed E-state index contributed by atoms with van der Waals surface area (Å²) in [4.78, 5) is 12.1. The van der Waals surface area contributed by atoms with Gasteiger partial charge in [0, 0.05) is 35.4 Å². The summed E-state index contributed by atoms with van der Waals surface area (Å²) in [6.07, 6.45) is 7.22. The van der Waals surface area contributed by atoms with Gasteiger partial charge in [-0.15, -0.1) is 11.8 Å². The Morgan fingerprint density at radius 1 is 0.909 bits per heavy atom. The SMILES string of the molecule is CNS(=O)(=O)c1ccc(SC)c(Nc2cc(Nc3ccc(N4CCCCC4)cc3)ncn2)c1. The van der Waals surface area contributed by atoms with Crippen LogP contribution in [-0.4, -0.2) is 44.8 Å². The number of anilines is 5. The third-order valence-electron chi connectivity index (χ3n) is 5.54. The van der Waals surface area contributed by atoms with E-state index >= 15 is 0 Å². The van der Waals surface area contributed by atoms with Gasteiger partial charge in [-0.25, -0.2) is 23.1 Å². The minimum absolute atomic E-state index is 0.187. The van der Waals surface area contributed by atoms with Crippen molar-refractivity contribution in [3.8, 4) is 0 Å². The quantitative estimate of drug-likeness (QED) is 0.400. The molecule has 174 valence electrons. The molecule has 0 atom stereocenters. The smallest absolute Gasteiger partial charge is 0.240 e. The molecule has 0 radical (unpaired) electrons. The van der Waals surface area contributed by atoms with E-state index in [2.05, 4.69) is 54.5 Å². The standard InChI is InChI=1S/C23H28N6O2S2/c1-24-33(30,31)19-10-11-21(32-2)20(14-19)28-23-15-22(25-16-26-23)27-17-6-8-18(9-7-17)29-12-4-3-5-13-29/h6-11,14-16,24H,3-5,12-13H2,1-2H3,(H2,25,26,27,28). The van der Waals surface area contributed by atoms with Crippen molar-refractivity contribution in [1.82, 2.24) is 14.7 Å². The van der Waals surface area contributed by atoms with Crippen molar-refractivity contribution in [2.24, 2.45) is 0 Å². The second-order valence-corrected chi connectivity index (χ2v) is 10.4. The van der Waals surface area contributed by atoms with Crippen LogP contribution in [0.25, 0.3) is 0 Å². The van der Waals surface area contributed by atoms with Crippen molar-refractivity contribution < 1.29 is 8.42 Å². The largest absolute Gasteiger partial charge is 0.372 e. The van der Waals surface area contributed by atoms with Gasteiger partial charge < -0.3 is 15.5 Å². The number of hydrogen-bond donors (Lipinski definition) is 3. The van der Waals surface area contributed by atoms with Crippen molar-refractivity contribution >= 4 is 50.5 Å². The number of nitrogens with zero attached hydrogens (tertiary/aromatic N) is 3. The van der Waals surface area contributed by atoms with E-state index in [9.17, 15) is 8.42 Å². The Bertz CT molecular complexity index is 1200. The predicted molar refractivity (Wildman–Crippen MR) is 136 cm³/mol. The molecule has 8 nitrogen and oxygen atoms in total. The Kier molecular flexibility index (Phi) is 7.36. The number of hydrogen-bond acceptors (Lipinski definition) is 8. The summed E-state index contributed by atoms with van der Waals surface area (Å²) in [5.74, 6) is 1.20. The van der Waals surface area contributed by atoms with E-state index in [1.807, 2.05) is 6.26 Å². The van der Waals surface area contributed by atoms with Crippen LogP contribution in [0, 0.1) is 0 Å². The molecule has 1 aromatic heterocycles. The van der Waals surface area contributed by atoms with Gasteiger partial charge in [0.1, 0.15) is 18.0 Å². The van der Waals surface area contributed by atoms with E-state index in [1.165, 1.54) is 50.1 Å². The zero-order valence-corrected chi connectivity index (χ0v) is 20.3. The molecule has 0 spiro atoms. The van der Waals surface area contributed by atoms with Crippen molar-refractivity contribution in [2.75, 3.05) is 41.9 Å². The van der Waals surface area contributed by atoms with E-state index in [1.54, 1.807) is 24.3 Å². The van der Waals surface area contributed by atoms with Gasteiger partial charge in [-0.3, -0.25) is 0 Å². The molecule has 1 fully saturated rings. The highest BCUT2D eigenvalue weighted by Crippen LogP contribution is 2.31. The Morgan fingerprint density at radius 3 is 2.27 bits per heavy atom. The van der Waals surface area contributed by atoms with Gasteiger partial charge >= 0.3 is 0 Å². The molecule has 3 aromatic rings. The van der Waals surface area contributed by atoms with Gasteiger partial charge in [-0.05, 0) is 75.0 Å². The Balaban J connectivity index is 1.50. The highest BCUT2D eigenvalue weighted by Gasteiger charge is 2.15. The Hall–Kier alpha value is -2.82. The van der Waals surface area contributed by atoms with Crippen LogP contribution in [0.15, 0.2) is 64.6 Å². The molecule has 0 unspecified atom stereocenters. The summed E-state index contributed by atoms with van der Waals surface area (Å²) >= 11 is 1.52. The van der Waals surface area contributed by atoms with Gasteiger partial charge in [-0.1, -0.05) is 0 Å². The van der Waals surface area contributed by atoms with Gasteiger partial charge in [0.15, 0.2) is 0 Å². The number of thioether (sulfide) groups is 1. The molecule has 4 rings (SSSR count). The molecule has 2 heterocycles. The van der Waals surface area contributed by atoms with Crippen LogP contribution in [0.5, 0.6) is 0 Å². The average Bonchev–Trinajstić information content (AvgIpc) is 2.85. The van der Waals surface area contributed by atoms with Crippen molar-refractivity contribution in [3.63, 3.8) is 0 Å². The number of benzene rings is 2. The van der Waals surface area contributed by atoms with Crippen LogP contribution in [0.1, 0.15) is 19.3 Å². The maximum absolute atomic E-state index is 12.2. The van der Waals surface area contributed by atoms with Crippen LogP contribution in [-0.2, 0) is 10.0 Å². The number of nitrogens with one attached hydrogen (secondary N) is 3. The van der Waals surface area contributed by atoms with Crippen LogP contribution in [0.4, 0.5) is 28.7 Å². The first-order valence-corrected chi connectivity index (χ1v) is 13.5. The van der Waals surface area contributed by atoms with Gasteiger partial charge in [-0.2, -0.15) is 0 Å².